The zero-order chi connectivity index (χ0) is 18.9. The third-order valence-corrected chi connectivity index (χ3v) is 5.89. The van der Waals surface area contributed by atoms with E-state index in [-0.39, 0.29) is 5.41 Å². The summed E-state index contributed by atoms with van der Waals surface area (Å²) in [6, 6.07) is 14.9. The summed E-state index contributed by atoms with van der Waals surface area (Å²) in [7, 11) is 0. The largest absolute Gasteiger partial charge is 0.339 e. The van der Waals surface area contributed by atoms with Gasteiger partial charge in [-0.05, 0) is 42.0 Å². The van der Waals surface area contributed by atoms with Crippen molar-refractivity contribution in [1.82, 2.24) is 14.8 Å². The van der Waals surface area contributed by atoms with Gasteiger partial charge in [0, 0.05) is 44.6 Å². The molecule has 2 aromatic rings. The van der Waals surface area contributed by atoms with Crippen LogP contribution in [0.3, 0.4) is 0 Å². The van der Waals surface area contributed by atoms with Gasteiger partial charge in [0.05, 0.1) is 5.41 Å². The molecule has 27 heavy (non-hydrogen) atoms. The van der Waals surface area contributed by atoms with Gasteiger partial charge in [0.15, 0.2) is 0 Å². The first-order valence-electron chi connectivity index (χ1n) is 10.1. The van der Waals surface area contributed by atoms with E-state index in [1.54, 1.807) is 0 Å². The highest BCUT2D eigenvalue weighted by atomic mass is 16.2. The first-order valence-corrected chi connectivity index (χ1v) is 10.1. The van der Waals surface area contributed by atoms with E-state index < -0.39 is 0 Å². The lowest BCUT2D eigenvalue weighted by Gasteiger charge is -2.47. The quantitative estimate of drug-likeness (QED) is 0.756. The van der Waals surface area contributed by atoms with Crippen molar-refractivity contribution in [3.63, 3.8) is 0 Å². The molecule has 2 heterocycles. The zero-order valence-electron chi connectivity index (χ0n) is 16.3. The smallest absolute Gasteiger partial charge is 0.233 e. The van der Waals surface area contributed by atoms with E-state index in [2.05, 4.69) is 52.9 Å². The highest BCUT2D eigenvalue weighted by Crippen LogP contribution is 2.50. The summed E-state index contributed by atoms with van der Waals surface area (Å²) in [5.74, 6) is 0.939. The number of carbonyl (C=O) groups is 1. The van der Waals surface area contributed by atoms with Crippen molar-refractivity contribution >= 4 is 5.91 Å². The van der Waals surface area contributed by atoms with Crippen LogP contribution >= 0.6 is 0 Å². The molecule has 1 amide bonds. The molecule has 1 saturated heterocycles. The molecule has 0 spiro atoms. The molecule has 4 heteroatoms. The van der Waals surface area contributed by atoms with E-state index in [0.29, 0.717) is 17.9 Å². The van der Waals surface area contributed by atoms with Gasteiger partial charge in [-0.15, -0.1) is 0 Å². The lowest BCUT2D eigenvalue weighted by Crippen LogP contribution is -2.63. The van der Waals surface area contributed by atoms with E-state index in [4.69, 9.17) is 0 Å². The second-order valence-corrected chi connectivity index (χ2v) is 8.49. The van der Waals surface area contributed by atoms with Crippen molar-refractivity contribution in [2.24, 2.45) is 5.92 Å². The molecule has 2 fully saturated rings. The summed E-state index contributed by atoms with van der Waals surface area (Å²) in [5.41, 5.74) is 2.24. The normalized spacial score (nSPS) is 18.6. The predicted octanol–water partition coefficient (Wildman–Crippen LogP) is 3.48. The molecule has 0 atom stereocenters. The van der Waals surface area contributed by atoms with E-state index in [9.17, 15) is 4.79 Å². The lowest BCUT2D eigenvalue weighted by molar-refractivity contribution is -0.141. The molecule has 1 aromatic heterocycles. The van der Waals surface area contributed by atoms with Crippen LogP contribution in [0.2, 0.25) is 0 Å². The molecule has 1 aromatic carbocycles. The lowest BCUT2D eigenvalue weighted by atomic mass is 9.92. The summed E-state index contributed by atoms with van der Waals surface area (Å²) >= 11 is 0. The summed E-state index contributed by atoms with van der Waals surface area (Å²) in [4.78, 5) is 21.9. The molecule has 4 rings (SSSR count). The van der Waals surface area contributed by atoms with Gasteiger partial charge in [-0.2, -0.15) is 0 Å². The van der Waals surface area contributed by atoms with Crippen molar-refractivity contribution in [1.29, 1.82) is 0 Å². The Labute approximate surface area is 162 Å². The van der Waals surface area contributed by atoms with Crippen LogP contribution in [-0.2, 0) is 16.8 Å². The Morgan fingerprint density at radius 1 is 1.15 bits per heavy atom. The van der Waals surface area contributed by atoms with Crippen molar-refractivity contribution in [3.05, 3.63) is 66.0 Å². The van der Waals surface area contributed by atoms with E-state index >= 15 is 0 Å². The van der Waals surface area contributed by atoms with Crippen molar-refractivity contribution in [2.45, 2.75) is 44.7 Å². The number of nitrogens with zero attached hydrogens (tertiary/aromatic N) is 3. The molecule has 1 saturated carbocycles. The number of amides is 1. The minimum absolute atomic E-state index is 0.236. The third-order valence-electron chi connectivity index (χ3n) is 5.89. The van der Waals surface area contributed by atoms with Crippen LogP contribution in [-0.4, -0.2) is 46.4 Å². The topological polar surface area (TPSA) is 36.4 Å². The average Bonchev–Trinajstić information content (AvgIpc) is 3.43. The fraction of sp³-hybridized carbons (Fsp3) is 0.478. The maximum Gasteiger partial charge on any atom is 0.233 e. The fourth-order valence-electron chi connectivity index (χ4n) is 4.20. The summed E-state index contributed by atoms with van der Waals surface area (Å²) in [6.45, 7) is 8.21. The fourth-order valence-corrected chi connectivity index (χ4v) is 4.20. The van der Waals surface area contributed by atoms with Gasteiger partial charge < -0.3 is 4.90 Å². The number of benzene rings is 1. The molecule has 142 valence electrons. The molecule has 0 radical (unpaired) electrons. The van der Waals surface area contributed by atoms with Crippen LogP contribution < -0.4 is 0 Å². The maximum absolute atomic E-state index is 13.2. The summed E-state index contributed by atoms with van der Waals surface area (Å²) in [6.07, 6.45) is 5.69. The number of hydrogen-bond acceptors (Lipinski definition) is 3. The highest BCUT2D eigenvalue weighted by Gasteiger charge is 2.54. The number of hydrogen-bond donors (Lipinski definition) is 0. The maximum atomic E-state index is 13.2. The second-order valence-electron chi connectivity index (χ2n) is 8.49. The zero-order valence-corrected chi connectivity index (χ0v) is 16.3. The Bertz CT molecular complexity index is 765. The van der Waals surface area contributed by atoms with E-state index in [1.807, 2.05) is 30.6 Å². The minimum Gasteiger partial charge on any atom is -0.339 e. The molecule has 1 aliphatic heterocycles. The second kappa shape index (κ2) is 7.43. The van der Waals surface area contributed by atoms with Gasteiger partial charge >= 0.3 is 0 Å². The number of likely N-dealkylation sites (tertiary alicyclic amines) is 1. The Morgan fingerprint density at radius 2 is 1.81 bits per heavy atom. The molecular weight excluding hydrogens is 334 g/mol. The van der Waals surface area contributed by atoms with Crippen LogP contribution in [0.5, 0.6) is 0 Å². The molecule has 1 aliphatic carbocycles. The van der Waals surface area contributed by atoms with Gasteiger partial charge in [0.2, 0.25) is 5.91 Å². The van der Waals surface area contributed by atoms with Crippen LogP contribution in [0, 0.1) is 5.92 Å². The average molecular weight is 364 g/mol. The molecule has 0 N–H and O–H groups in total. The number of aromatic nitrogens is 1. The minimum atomic E-state index is -0.236. The van der Waals surface area contributed by atoms with Gasteiger partial charge in [0.1, 0.15) is 0 Å². The Balaban J connectivity index is 1.40. The van der Waals surface area contributed by atoms with E-state index in [1.165, 1.54) is 11.1 Å². The number of pyridine rings is 1. The predicted molar refractivity (Wildman–Crippen MR) is 107 cm³/mol. The van der Waals surface area contributed by atoms with Gasteiger partial charge in [0.25, 0.3) is 0 Å². The third kappa shape index (κ3) is 3.77. The van der Waals surface area contributed by atoms with Crippen molar-refractivity contribution in [2.75, 3.05) is 19.6 Å². The highest BCUT2D eigenvalue weighted by molar-refractivity contribution is 5.92. The first kappa shape index (κ1) is 18.2. The first-order chi connectivity index (χ1) is 13.1. The Morgan fingerprint density at radius 3 is 2.41 bits per heavy atom. The molecule has 0 bridgehead atoms. The number of rotatable bonds is 7. The van der Waals surface area contributed by atoms with Crippen LogP contribution in [0.25, 0.3) is 0 Å². The van der Waals surface area contributed by atoms with E-state index in [0.717, 1.165) is 39.0 Å². The molecule has 4 nitrogen and oxygen atoms in total. The SMILES string of the molecule is CC(C)CN(Cc1ccncc1)C1CN(C(=O)C2(c3ccccc3)CC2)C1. The van der Waals surface area contributed by atoms with Crippen molar-refractivity contribution in [3.8, 4) is 0 Å². The standard InChI is InChI=1S/C23H29N3O/c1-18(2)14-25(15-19-8-12-24-13-9-19)21-16-26(17-21)22(27)23(10-11-23)20-6-4-3-5-7-20/h3-9,12-13,18,21H,10-11,14-17H2,1-2H3. The summed E-state index contributed by atoms with van der Waals surface area (Å²) in [5, 5.41) is 0. The Kier molecular flexibility index (Phi) is 5.00. The van der Waals surface area contributed by atoms with Crippen LogP contribution in [0.4, 0.5) is 0 Å². The Hall–Kier alpha value is -2.20. The van der Waals surface area contributed by atoms with Crippen molar-refractivity contribution < 1.29 is 4.79 Å². The van der Waals surface area contributed by atoms with Gasteiger partial charge in [-0.1, -0.05) is 44.2 Å². The molecule has 2 aliphatic rings. The van der Waals surface area contributed by atoms with Crippen LogP contribution in [0.1, 0.15) is 37.8 Å². The monoisotopic (exact) mass is 363 g/mol. The molecule has 0 unspecified atom stereocenters. The number of carbonyl (C=O) groups excluding carboxylic acids is 1. The van der Waals surface area contributed by atoms with Gasteiger partial charge in [-0.3, -0.25) is 14.7 Å². The van der Waals surface area contributed by atoms with Crippen LogP contribution in [0.15, 0.2) is 54.9 Å². The van der Waals surface area contributed by atoms with Gasteiger partial charge in [-0.25, -0.2) is 0 Å². The summed E-state index contributed by atoms with van der Waals surface area (Å²) < 4.78 is 0. The molecular formula is C23H29N3O.